The Balaban J connectivity index is 0.000000640. The molecule has 0 aliphatic heterocycles. The highest BCUT2D eigenvalue weighted by molar-refractivity contribution is 5.85. The van der Waals surface area contributed by atoms with Crippen molar-refractivity contribution in [3.63, 3.8) is 0 Å². The Morgan fingerprint density at radius 1 is 1.44 bits per heavy atom. The molecule has 0 spiro atoms. The van der Waals surface area contributed by atoms with Gasteiger partial charge >= 0.3 is 0 Å². The lowest BCUT2D eigenvalue weighted by molar-refractivity contribution is 0.310. The average Bonchev–Trinajstić information content (AvgIpc) is 2.14. The number of anilines is 2. The Morgan fingerprint density at radius 3 is 2.33 bits per heavy atom. The normalized spacial score (nSPS) is 8.11. The molecule has 7 heteroatoms. The highest BCUT2D eigenvalue weighted by Crippen LogP contribution is 2.06. The molecule has 0 radical (unpaired) electrons. The highest BCUT2D eigenvalue weighted by Gasteiger charge is 1.99. The lowest BCUT2D eigenvalue weighted by atomic mass is 10.7. The molecule has 5 N–H and O–H groups in total. The highest BCUT2D eigenvalue weighted by atomic mass is 35.5. The van der Waals surface area contributed by atoms with E-state index >= 15 is 0 Å². The van der Waals surface area contributed by atoms with E-state index < -0.39 is 0 Å². The molecule has 0 saturated heterocycles. The van der Waals surface area contributed by atoms with Gasteiger partial charge in [0.15, 0.2) is 0 Å². The molecule has 0 aliphatic rings. The van der Waals surface area contributed by atoms with Crippen LogP contribution in [0, 0.1) is 0 Å². The van der Waals surface area contributed by atoms with Crippen LogP contribution in [0.5, 0.6) is 0 Å². The van der Waals surface area contributed by atoms with Gasteiger partial charge < -0.3 is 11.2 Å². The summed E-state index contributed by atoms with van der Waals surface area (Å²) in [5.41, 5.74) is 7.32. The zero-order valence-electron chi connectivity index (χ0n) is 4.37. The minimum absolute atomic E-state index is 0. The summed E-state index contributed by atoms with van der Waals surface area (Å²) in [4.78, 5) is 0. The fourth-order valence-corrected chi connectivity index (χ4v) is 0.296. The second kappa shape index (κ2) is 3.10. The summed E-state index contributed by atoms with van der Waals surface area (Å²) < 4.78 is 4.17. The third-order valence-electron chi connectivity index (χ3n) is 0.651. The smallest absolute Gasteiger partial charge is 0.228 e. The third kappa shape index (κ3) is 1.44. The van der Waals surface area contributed by atoms with E-state index in [4.69, 9.17) is 11.6 Å². The summed E-state index contributed by atoms with van der Waals surface area (Å²) >= 11 is 0. The summed E-state index contributed by atoms with van der Waals surface area (Å²) in [6, 6.07) is 0. The number of aromatic nitrogens is 2. The summed E-state index contributed by atoms with van der Waals surface area (Å²) in [6.07, 6.45) is 0. The van der Waals surface area contributed by atoms with Crippen molar-refractivity contribution < 1.29 is 4.63 Å². The molecule has 6 nitrogen and oxygen atoms in total. The SMILES string of the molecule is Cl.NNc1nonc1N. The fourth-order valence-electron chi connectivity index (χ4n) is 0.296. The Kier molecular flexibility index (Phi) is 2.75. The van der Waals surface area contributed by atoms with Crippen molar-refractivity contribution in [2.45, 2.75) is 0 Å². The number of nitrogens with two attached hydrogens (primary N) is 2. The summed E-state index contributed by atoms with van der Waals surface area (Å²) in [7, 11) is 0. The molecular formula is C2H6ClN5O. The molecular weight excluding hydrogens is 146 g/mol. The molecule has 1 aromatic rings. The maximum Gasteiger partial charge on any atom is 0.228 e. The molecule has 0 atom stereocenters. The lowest BCUT2D eigenvalue weighted by Gasteiger charge is -1.86. The van der Waals surface area contributed by atoms with Gasteiger partial charge in [0.2, 0.25) is 11.6 Å². The van der Waals surface area contributed by atoms with Gasteiger partial charge in [0.1, 0.15) is 0 Å². The van der Waals surface area contributed by atoms with E-state index in [2.05, 4.69) is 20.4 Å². The Bertz CT molecular complexity index is 175. The van der Waals surface area contributed by atoms with E-state index in [9.17, 15) is 0 Å². The molecule has 0 bridgehead atoms. The van der Waals surface area contributed by atoms with Gasteiger partial charge in [-0.2, -0.15) is 0 Å². The molecule has 9 heavy (non-hydrogen) atoms. The number of rotatable bonds is 1. The average molecular weight is 152 g/mol. The first kappa shape index (κ1) is 7.99. The van der Waals surface area contributed by atoms with Crippen molar-refractivity contribution in [2.75, 3.05) is 11.2 Å². The monoisotopic (exact) mass is 151 g/mol. The molecule has 1 aromatic heterocycles. The number of nitrogens with one attached hydrogen (secondary N) is 1. The van der Waals surface area contributed by atoms with Gasteiger partial charge in [-0.1, -0.05) is 0 Å². The van der Waals surface area contributed by atoms with Crippen molar-refractivity contribution in [1.82, 2.24) is 10.3 Å². The van der Waals surface area contributed by atoms with Crippen LogP contribution in [0.1, 0.15) is 0 Å². The van der Waals surface area contributed by atoms with E-state index in [0.717, 1.165) is 0 Å². The van der Waals surface area contributed by atoms with E-state index in [1.54, 1.807) is 0 Å². The van der Waals surface area contributed by atoms with Gasteiger partial charge in [0.25, 0.3) is 0 Å². The standard InChI is InChI=1S/C2H5N5O.ClH/c3-1-2(5-4)7-8-6-1;/h4H2,(H2,3,6)(H,5,7);1H. The van der Waals surface area contributed by atoms with Gasteiger partial charge in [0, 0.05) is 0 Å². The number of hydrazine groups is 1. The van der Waals surface area contributed by atoms with Crippen molar-refractivity contribution in [3.8, 4) is 0 Å². The van der Waals surface area contributed by atoms with Crippen molar-refractivity contribution in [3.05, 3.63) is 0 Å². The second-order valence-electron chi connectivity index (χ2n) is 1.14. The predicted molar refractivity (Wildman–Crippen MR) is 33.8 cm³/mol. The quantitative estimate of drug-likeness (QED) is 0.364. The summed E-state index contributed by atoms with van der Waals surface area (Å²) in [6.45, 7) is 0. The third-order valence-corrected chi connectivity index (χ3v) is 0.651. The molecule has 52 valence electrons. The molecule has 1 heterocycles. The number of hydrogen-bond donors (Lipinski definition) is 3. The molecule has 1 rings (SSSR count). The largest absolute Gasteiger partial charge is 0.378 e. The van der Waals surface area contributed by atoms with Crippen LogP contribution in [-0.2, 0) is 0 Å². The van der Waals surface area contributed by atoms with Crippen LogP contribution in [0.15, 0.2) is 4.63 Å². The van der Waals surface area contributed by atoms with Gasteiger partial charge in [-0.25, -0.2) is 10.5 Å². The van der Waals surface area contributed by atoms with Crippen LogP contribution in [0.25, 0.3) is 0 Å². The first-order valence-corrected chi connectivity index (χ1v) is 1.89. The Labute approximate surface area is 56.9 Å². The molecule has 0 aromatic carbocycles. The topological polar surface area (TPSA) is 103 Å². The van der Waals surface area contributed by atoms with Crippen LogP contribution < -0.4 is 17.0 Å². The van der Waals surface area contributed by atoms with Gasteiger partial charge in [0.05, 0.1) is 0 Å². The van der Waals surface area contributed by atoms with Crippen LogP contribution in [0.4, 0.5) is 11.6 Å². The van der Waals surface area contributed by atoms with E-state index in [1.165, 1.54) is 0 Å². The second-order valence-corrected chi connectivity index (χ2v) is 1.14. The molecule has 0 saturated carbocycles. The predicted octanol–water partition coefficient (Wildman–Crippen LogP) is -0.641. The van der Waals surface area contributed by atoms with Crippen LogP contribution in [0.3, 0.4) is 0 Å². The number of nitrogens with zero attached hydrogens (tertiary/aromatic N) is 2. The lowest BCUT2D eigenvalue weighted by Crippen LogP contribution is -2.08. The summed E-state index contributed by atoms with van der Waals surface area (Å²) in [5, 5.41) is 6.52. The maximum absolute atomic E-state index is 5.14. The first-order valence-electron chi connectivity index (χ1n) is 1.89. The van der Waals surface area contributed by atoms with Crippen LogP contribution in [-0.4, -0.2) is 10.3 Å². The zero-order chi connectivity index (χ0) is 5.98. The van der Waals surface area contributed by atoms with E-state index in [-0.39, 0.29) is 24.0 Å². The molecule has 0 aliphatic carbocycles. The number of halogens is 1. The molecule has 0 fully saturated rings. The van der Waals surface area contributed by atoms with Crippen molar-refractivity contribution in [2.24, 2.45) is 5.84 Å². The maximum atomic E-state index is 5.14. The van der Waals surface area contributed by atoms with E-state index in [0.29, 0.717) is 0 Å². The van der Waals surface area contributed by atoms with Gasteiger partial charge in [-0.3, -0.25) is 0 Å². The number of nitrogen functional groups attached to an aromatic ring is 2. The zero-order valence-corrected chi connectivity index (χ0v) is 5.18. The van der Waals surface area contributed by atoms with Crippen LogP contribution in [0.2, 0.25) is 0 Å². The van der Waals surface area contributed by atoms with Crippen molar-refractivity contribution >= 4 is 24.0 Å². The van der Waals surface area contributed by atoms with E-state index in [1.807, 2.05) is 0 Å². The summed E-state index contributed by atoms with van der Waals surface area (Å²) in [5.74, 6) is 5.32. The molecule has 0 unspecified atom stereocenters. The van der Waals surface area contributed by atoms with Crippen molar-refractivity contribution in [1.29, 1.82) is 0 Å². The minimum atomic E-state index is 0. The molecule has 0 amide bonds. The Hall–Kier alpha value is -1.01. The Morgan fingerprint density at radius 2 is 2.11 bits per heavy atom. The van der Waals surface area contributed by atoms with Crippen LogP contribution >= 0.6 is 12.4 Å². The van der Waals surface area contributed by atoms with Gasteiger partial charge in [-0.15, -0.1) is 12.4 Å². The number of hydrogen-bond acceptors (Lipinski definition) is 6. The minimum Gasteiger partial charge on any atom is -0.378 e. The van der Waals surface area contributed by atoms with Gasteiger partial charge in [-0.05, 0) is 10.3 Å². The fraction of sp³-hybridized carbons (Fsp3) is 0. The first-order chi connectivity index (χ1) is 3.84.